The predicted molar refractivity (Wildman–Crippen MR) is 171 cm³/mol. The lowest BCUT2D eigenvalue weighted by molar-refractivity contribution is 0.107. The molecule has 9 rings (SSSR count). The Balaban J connectivity index is 1.17. The third kappa shape index (κ3) is 4.39. The van der Waals surface area contributed by atoms with E-state index in [4.69, 9.17) is 14.2 Å². The second-order valence-electron chi connectivity index (χ2n) is 13.9. The maximum absolute atomic E-state index is 16.9. The number of nitrogens with zero attached hydrogens (tertiary/aromatic N) is 7. The van der Waals surface area contributed by atoms with Crippen LogP contribution in [0, 0.1) is 24.5 Å². The van der Waals surface area contributed by atoms with Crippen molar-refractivity contribution in [3.05, 3.63) is 59.4 Å². The fraction of sp³-hybridized carbons (Fsp3) is 0.457. The van der Waals surface area contributed by atoms with Gasteiger partial charge in [-0.1, -0.05) is 18.1 Å². The van der Waals surface area contributed by atoms with Crippen LogP contribution in [0.5, 0.6) is 11.8 Å². The second kappa shape index (κ2) is 10.5. The number of aryl methyl sites for hydroxylation is 2. The molecule has 248 valence electrons. The number of piperidine rings is 1. The van der Waals surface area contributed by atoms with Gasteiger partial charge in [-0.25, -0.2) is 13.2 Å². The molecule has 1 saturated carbocycles. The Morgan fingerprint density at radius 1 is 1.12 bits per heavy atom. The van der Waals surface area contributed by atoms with E-state index in [2.05, 4.69) is 29.9 Å². The van der Waals surface area contributed by atoms with E-state index >= 15 is 8.78 Å². The number of anilines is 1. The molecule has 3 aliphatic heterocycles. The molecular formula is C35H34F3N7O3. The average molecular weight is 658 g/mol. The number of hydrogen-bond donors (Lipinski definition) is 1. The first-order valence-electron chi connectivity index (χ1n) is 16.6. The summed E-state index contributed by atoms with van der Waals surface area (Å²) in [5, 5.41) is 16.0. The summed E-state index contributed by atoms with van der Waals surface area (Å²) < 4.78 is 58.3. The van der Waals surface area contributed by atoms with Crippen molar-refractivity contribution in [1.82, 2.24) is 30.0 Å². The van der Waals surface area contributed by atoms with Gasteiger partial charge in [0.05, 0.1) is 16.3 Å². The summed E-state index contributed by atoms with van der Waals surface area (Å²) in [5.74, 6) is 0.629. The zero-order valence-corrected chi connectivity index (χ0v) is 26.6. The van der Waals surface area contributed by atoms with Crippen LogP contribution in [0.3, 0.4) is 0 Å². The summed E-state index contributed by atoms with van der Waals surface area (Å²) in [5.41, 5.74) is -0.178. The first kappa shape index (κ1) is 29.6. The van der Waals surface area contributed by atoms with Gasteiger partial charge in [0, 0.05) is 37.8 Å². The number of alkyl halides is 1. The smallest absolute Gasteiger partial charge is 0.319 e. The molecule has 4 aliphatic rings. The third-order valence-electron chi connectivity index (χ3n) is 11.0. The van der Waals surface area contributed by atoms with Gasteiger partial charge in [0.15, 0.2) is 11.6 Å². The van der Waals surface area contributed by atoms with Crippen molar-refractivity contribution in [3.63, 3.8) is 0 Å². The van der Waals surface area contributed by atoms with Gasteiger partial charge in [-0.2, -0.15) is 15.0 Å². The normalized spacial score (nSPS) is 26.5. The zero-order valence-electron chi connectivity index (χ0n) is 26.6. The molecule has 0 bridgehead atoms. The molecule has 3 aromatic heterocycles. The summed E-state index contributed by atoms with van der Waals surface area (Å²) in [6.45, 7) is 6.14. The number of phenols is 1. The Morgan fingerprint density at radius 3 is 2.81 bits per heavy atom. The summed E-state index contributed by atoms with van der Waals surface area (Å²) in [7, 11) is 0. The standard InChI is InChI=1S/C35H34F3N7O3/c1-3-23-26(37)6-5-19-9-22(46)10-24(27(19)23)29-28(38)30-25(13-39-29)31(44-14-20-11-35(20,16-44)32-40-18(2)43-48-32)42-33(41-30)47-17-34-7-4-8-45(34)15-21(36)12-34/h5-6,9-10,13,20-21,46H,3-4,7-8,11-12,14-17H2,1-2H3/t20-,21+,34-,35-/m0/s1. The number of phenolic OH excluding ortho intramolecular Hbond substituents is 1. The Morgan fingerprint density at radius 2 is 2.00 bits per heavy atom. The molecule has 13 heteroatoms. The lowest BCUT2D eigenvalue weighted by Crippen LogP contribution is -2.43. The number of ether oxygens (including phenoxy) is 1. The van der Waals surface area contributed by atoms with Crippen molar-refractivity contribution < 1.29 is 27.5 Å². The molecule has 48 heavy (non-hydrogen) atoms. The van der Waals surface area contributed by atoms with Crippen LogP contribution in [-0.2, 0) is 11.8 Å². The van der Waals surface area contributed by atoms with E-state index in [1.807, 2.05) is 6.92 Å². The topological polar surface area (TPSA) is 114 Å². The lowest BCUT2D eigenvalue weighted by Gasteiger charge is -2.31. The SMILES string of the molecule is CCc1c(F)ccc2cc(O)cc(-c3ncc4c(N5C[C@@H]6C[C@]6(c6nc(C)no6)C5)nc(OC[C@@]56CCCN5C[C@H](F)C6)nc4c3F)c12. The number of aromatic nitrogens is 5. The molecule has 2 aromatic carbocycles. The maximum Gasteiger partial charge on any atom is 0.319 e. The van der Waals surface area contributed by atoms with Gasteiger partial charge in [0.2, 0.25) is 5.89 Å². The average Bonchev–Trinajstić information content (AvgIpc) is 3.48. The predicted octanol–water partition coefficient (Wildman–Crippen LogP) is 5.82. The molecule has 6 heterocycles. The van der Waals surface area contributed by atoms with Crippen LogP contribution in [0.2, 0.25) is 0 Å². The number of rotatable bonds is 7. The summed E-state index contributed by atoms with van der Waals surface area (Å²) in [4.78, 5) is 22.7. The number of benzene rings is 2. The lowest BCUT2D eigenvalue weighted by atomic mass is 9.94. The third-order valence-corrected chi connectivity index (χ3v) is 11.0. The molecule has 0 radical (unpaired) electrons. The summed E-state index contributed by atoms with van der Waals surface area (Å²) in [6, 6.07) is 5.83. The molecule has 4 atom stereocenters. The number of hydrogen-bond acceptors (Lipinski definition) is 10. The number of fused-ring (bicyclic) bond motifs is 4. The summed E-state index contributed by atoms with van der Waals surface area (Å²) >= 11 is 0. The van der Waals surface area contributed by atoms with Gasteiger partial charge in [0.25, 0.3) is 0 Å². The highest BCUT2D eigenvalue weighted by Crippen LogP contribution is 2.59. The summed E-state index contributed by atoms with van der Waals surface area (Å²) in [6.07, 6.45) is 3.99. The van der Waals surface area contributed by atoms with Crippen LogP contribution < -0.4 is 9.64 Å². The van der Waals surface area contributed by atoms with Crippen LogP contribution in [-0.4, -0.2) is 79.6 Å². The highest BCUT2D eigenvalue weighted by atomic mass is 19.1. The highest BCUT2D eigenvalue weighted by Gasteiger charge is 2.65. The number of aromatic hydroxyl groups is 1. The van der Waals surface area contributed by atoms with Crippen LogP contribution in [0.25, 0.3) is 32.9 Å². The Labute approximate surface area is 273 Å². The quantitative estimate of drug-likeness (QED) is 0.230. The fourth-order valence-electron chi connectivity index (χ4n) is 8.67. The minimum atomic E-state index is -0.927. The first-order chi connectivity index (χ1) is 23.2. The minimum Gasteiger partial charge on any atom is -0.508 e. The van der Waals surface area contributed by atoms with E-state index in [0.29, 0.717) is 71.7 Å². The van der Waals surface area contributed by atoms with Crippen molar-refractivity contribution in [3.8, 4) is 23.0 Å². The van der Waals surface area contributed by atoms with Gasteiger partial charge in [-0.15, -0.1) is 0 Å². The van der Waals surface area contributed by atoms with Crippen molar-refractivity contribution in [2.75, 3.05) is 37.7 Å². The second-order valence-corrected chi connectivity index (χ2v) is 13.9. The molecule has 0 amide bonds. The monoisotopic (exact) mass is 657 g/mol. The Bertz CT molecular complexity index is 2130. The zero-order chi connectivity index (χ0) is 32.9. The van der Waals surface area contributed by atoms with Gasteiger partial charge < -0.3 is 19.3 Å². The van der Waals surface area contributed by atoms with Crippen LogP contribution in [0.4, 0.5) is 19.0 Å². The van der Waals surface area contributed by atoms with E-state index in [1.54, 1.807) is 13.0 Å². The van der Waals surface area contributed by atoms with Gasteiger partial charge in [-0.3, -0.25) is 9.88 Å². The highest BCUT2D eigenvalue weighted by molar-refractivity contribution is 6.01. The minimum absolute atomic E-state index is 0.00947. The molecule has 10 nitrogen and oxygen atoms in total. The van der Waals surface area contributed by atoms with E-state index in [9.17, 15) is 9.50 Å². The molecule has 5 aromatic rings. The van der Waals surface area contributed by atoms with Gasteiger partial charge in [0.1, 0.15) is 41.4 Å². The molecular weight excluding hydrogens is 623 g/mol. The van der Waals surface area contributed by atoms with E-state index < -0.39 is 23.3 Å². The van der Waals surface area contributed by atoms with Crippen molar-refractivity contribution in [1.29, 1.82) is 0 Å². The van der Waals surface area contributed by atoms with Crippen LogP contribution >= 0.6 is 0 Å². The van der Waals surface area contributed by atoms with E-state index in [1.165, 1.54) is 24.4 Å². The van der Waals surface area contributed by atoms with Crippen molar-refractivity contribution in [2.24, 2.45) is 5.92 Å². The molecule has 3 saturated heterocycles. The maximum atomic E-state index is 16.9. The molecule has 0 spiro atoms. The first-order valence-corrected chi connectivity index (χ1v) is 16.6. The largest absolute Gasteiger partial charge is 0.508 e. The van der Waals surface area contributed by atoms with Crippen LogP contribution in [0.15, 0.2) is 35.0 Å². The molecule has 1 N–H and O–H groups in total. The van der Waals surface area contributed by atoms with Gasteiger partial charge in [-0.05, 0) is 79.6 Å². The number of pyridine rings is 1. The number of halogens is 3. The Hall–Kier alpha value is -4.52. The molecule has 4 fully saturated rings. The van der Waals surface area contributed by atoms with E-state index in [0.717, 1.165) is 25.8 Å². The van der Waals surface area contributed by atoms with Crippen LogP contribution in [0.1, 0.15) is 49.9 Å². The molecule has 1 aliphatic carbocycles. The van der Waals surface area contributed by atoms with E-state index in [-0.39, 0.29) is 46.5 Å². The molecule has 0 unspecified atom stereocenters. The Kier molecular flexibility index (Phi) is 6.47. The van der Waals surface area contributed by atoms with Crippen molar-refractivity contribution in [2.45, 2.75) is 63.1 Å². The van der Waals surface area contributed by atoms with Gasteiger partial charge >= 0.3 is 6.01 Å². The fourth-order valence-corrected chi connectivity index (χ4v) is 8.67. The van der Waals surface area contributed by atoms with Crippen molar-refractivity contribution >= 4 is 27.5 Å².